The topological polar surface area (TPSA) is 81.9 Å². The van der Waals surface area contributed by atoms with E-state index in [-0.39, 0.29) is 6.09 Å². The normalized spacial score (nSPS) is 19.1. The van der Waals surface area contributed by atoms with Crippen molar-refractivity contribution in [1.82, 2.24) is 4.90 Å². The molecule has 0 unspecified atom stereocenters. The maximum Gasteiger partial charge on any atom is 0.410 e. The summed E-state index contributed by atoms with van der Waals surface area (Å²) in [6, 6.07) is 0. The first-order valence-electron chi connectivity index (χ1n) is 6.62. The Morgan fingerprint density at radius 1 is 1.26 bits per heavy atom. The molecule has 0 saturated carbocycles. The lowest BCUT2D eigenvalue weighted by Crippen LogP contribution is -2.55. The quantitative estimate of drug-likeness (QED) is 0.839. The van der Waals surface area contributed by atoms with Crippen LogP contribution in [0, 0.1) is 0 Å². The molecular weight excluding hydrogens is 248 g/mol. The number of piperidine rings is 1. The van der Waals surface area contributed by atoms with E-state index in [2.05, 4.69) is 0 Å². The zero-order chi connectivity index (χ0) is 14.7. The van der Waals surface area contributed by atoms with Gasteiger partial charge in [0, 0.05) is 32.5 Å². The van der Waals surface area contributed by atoms with Crippen molar-refractivity contribution in [3.63, 3.8) is 0 Å². The van der Waals surface area contributed by atoms with Crippen LogP contribution in [0.2, 0.25) is 0 Å². The molecule has 1 rings (SSSR count). The van der Waals surface area contributed by atoms with Crippen molar-refractivity contribution < 1.29 is 19.1 Å². The van der Waals surface area contributed by atoms with Crippen LogP contribution in [-0.2, 0) is 14.3 Å². The minimum atomic E-state index is -0.937. The molecule has 1 saturated heterocycles. The third-order valence-electron chi connectivity index (χ3n) is 3.09. The minimum Gasteiger partial charge on any atom is -0.444 e. The predicted molar refractivity (Wildman–Crippen MR) is 70.6 cm³/mol. The van der Waals surface area contributed by atoms with Crippen molar-refractivity contribution in [2.75, 3.05) is 19.7 Å². The number of ether oxygens (including phenoxy) is 2. The third-order valence-corrected chi connectivity index (χ3v) is 3.09. The number of nitrogens with two attached hydrogens (primary N) is 1. The number of primary amides is 1. The van der Waals surface area contributed by atoms with Crippen LogP contribution < -0.4 is 5.73 Å². The number of amides is 2. The molecule has 0 bridgehead atoms. The molecular formula is C13H24N2O4. The molecule has 2 amide bonds. The van der Waals surface area contributed by atoms with Gasteiger partial charge in [-0.1, -0.05) is 0 Å². The van der Waals surface area contributed by atoms with Gasteiger partial charge in [0.2, 0.25) is 5.91 Å². The van der Waals surface area contributed by atoms with Crippen LogP contribution >= 0.6 is 0 Å². The van der Waals surface area contributed by atoms with E-state index in [1.165, 1.54) is 0 Å². The fraction of sp³-hybridized carbons (Fsp3) is 0.846. The Morgan fingerprint density at radius 2 is 1.79 bits per heavy atom. The van der Waals surface area contributed by atoms with E-state index in [0.717, 1.165) is 0 Å². The lowest BCUT2D eigenvalue weighted by molar-refractivity contribution is -0.149. The Bertz CT molecular complexity index is 341. The molecule has 0 aromatic heterocycles. The van der Waals surface area contributed by atoms with Crippen LogP contribution in [0.15, 0.2) is 0 Å². The third kappa shape index (κ3) is 4.09. The van der Waals surface area contributed by atoms with E-state index in [1.54, 1.807) is 4.90 Å². The Balaban J connectivity index is 2.61. The summed E-state index contributed by atoms with van der Waals surface area (Å²) >= 11 is 0. The highest BCUT2D eigenvalue weighted by Gasteiger charge is 2.42. The fourth-order valence-electron chi connectivity index (χ4n) is 2.12. The van der Waals surface area contributed by atoms with Gasteiger partial charge in [0.1, 0.15) is 11.2 Å². The summed E-state index contributed by atoms with van der Waals surface area (Å²) < 4.78 is 10.8. The first-order valence-corrected chi connectivity index (χ1v) is 6.62. The van der Waals surface area contributed by atoms with Crippen LogP contribution in [0.5, 0.6) is 0 Å². The van der Waals surface area contributed by atoms with E-state index < -0.39 is 17.1 Å². The fourth-order valence-corrected chi connectivity index (χ4v) is 2.12. The Kier molecular flexibility index (Phi) is 4.79. The molecule has 6 heteroatoms. The molecule has 0 aromatic carbocycles. The first kappa shape index (κ1) is 15.8. The molecule has 0 aromatic rings. The Hall–Kier alpha value is -1.30. The van der Waals surface area contributed by atoms with Gasteiger partial charge in [0.25, 0.3) is 0 Å². The predicted octanol–water partition coefficient (Wildman–Crippen LogP) is 1.28. The lowest BCUT2D eigenvalue weighted by Gasteiger charge is -2.39. The number of hydrogen-bond donors (Lipinski definition) is 1. The van der Waals surface area contributed by atoms with Gasteiger partial charge in [-0.2, -0.15) is 0 Å². The van der Waals surface area contributed by atoms with E-state index in [9.17, 15) is 9.59 Å². The Morgan fingerprint density at radius 3 is 2.16 bits per heavy atom. The molecule has 0 radical (unpaired) electrons. The summed E-state index contributed by atoms with van der Waals surface area (Å²) in [5.74, 6) is -0.460. The molecule has 1 fully saturated rings. The maximum atomic E-state index is 11.9. The lowest BCUT2D eigenvalue weighted by atomic mass is 9.90. The highest BCUT2D eigenvalue weighted by atomic mass is 16.6. The summed E-state index contributed by atoms with van der Waals surface area (Å²) in [5.41, 5.74) is 3.96. The molecule has 1 aliphatic rings. The molecule has 0 atom stereocenters. The molecule has 19 heavy (non-hydrogen) atoms. The highest BCUT2D eigenvalue weighted by Crippen LogP contribution is 2.27. The summed E-state index contributed by atoms with van der Waals surface area (Å²) in [5, 5.41) is 0. The van der Waals surface area contributed by atoms with Gasteiger partial charge in [-0.25, -0.2) is 4.79 Å². The number of rotatable bonds is 3. The van der Waals surface area contributed by atoms with Crippen LogP contribution in [0.4, 0.5) is 4.79 Å². The van der Waals surface area contributed by atoms with Crippen molar-refractivity contribution in [1.29, 1.82) is 0 Å². The number of carbonyl (C=O) groups excluding carboxylic acids is 2. The van der Waals surface area contributed by atoms with Gasteiger partial charge in [0.05, 0.1) is 0 Å². The summed E-state index contributed by atoms with van der Waals surface area (Å²) in [4.78, 5) is 25.0. The highest BCUT2D eigenvalue weighted by molar-refractivity contribution is 5.84. The number of nitrogens with zero attached hydrogens (tertiary/aromatic N) is 1. The minimum absolute atomic E-state index is 0.359. The number of carbonyl (C=O) groups is 2. The number of hydrogen-bond acceptors (Lipinski definition) is 4. The monoisotopic (exact) mass is 272 g/mol. The molecule has 0 spiro atoms. The van der Waals surface area contributed by atoms with Crippen LogP contribution in [-0.4, -0.2) is 47.8 Å². The zero-order valence-corrected chi connectivity index (χ0v) is 12.2. The van der Waals surface area contributed by atoms with Gasteiger partial charge >= 0.3 is 6.09 Å². The summed E-state index contributed by atoms with van der Waals surface area (Å²) in [7, 11) is 0. The largest absolute Gasteiger partial charge is 0.444 e. The molecule has 0 aliphatic carbocycles. The zero-order valence-electron chi connectivity index (χ0n) is 12.2. The van der Waals surface area contributed by atoms with Crippen LogP contribution in [0.25, 0.3) is 0 Å². The molecule has 110 valence electrons. The average Bonchev–Trinajstić information content (AvgIpc) is 2.27. The maximum absolute atomic E-state index is 11.9. The second kappa shape index (κ2) is 5.77. The second-order valence-corrected chi connectivity index (χ2v) is 5.76. The van der Waals surface area contributed by atoms with Crippen LogP contribution in [0.1, 0.15) is 40.5 Å². The van der Waals surface area contributed by atoms with E-state index >= 15 is 0 Å². The van der Waals surface area contributed by atoms with Crippen molar-refractivity contribution in [2.24, 2.45) is 5.73 Å². The average molecular weight is 272 g/mol. The van der Waals surface area contributed by atoms with Crippen LogP contribution in [0.3, 0.4) is 0 Å². The van der Waals surface area contributed by atoms with Gasteiger partial charge in [-0.3, -0.25) is 4.79 Å². The molecule has 1 aliphatic heterocycles. The van der Waals surface area contributed by atoms with Gasteiger partial charge < -0.3 is 20.1 Å². The van der Waals surface area contributed by atoms with E-state index in [1.807, 2.05) is 27.7 Å². The van der Waals surface area contributed by atoms with E-state index in [4.69, 9.17) is 15.2 Å². The van der Waals surface area contributed by atoms with Crippen molar-refractivity contribution in [3.05, 3.63) is 0 Å². The number of likely N-dealkylation sites (tertiary alicyclic amines) is 1. The smallest absolute Gasteiger partial charge is 0.410 e. The van der Waals surface area contributed by atoms with Gasteiger partial charge in [0.15, 0.2) is 0 Å². The molecule has 2 N–H and O–H groups in total. The summed E-state index contributed by atoms with van der Waals surface area (Å²) in [6.45, 7) is 8.55. The standard InChI is InChI=1S/C13H24N2O4/c1-5-18-13(10(14)16)6-8-15(9-7-13)11(17)19-12(2,3)4/h5-9H2,1-4H3,(H2,14,16). The Labute approximate surface area is 114 Å². The van der Waals surface area contributed by atoms with Crippen molar-refractivity contribution in [3.8, 4) is 0 Å². The SMILES string of the molecule is CCOC1(C(N)=O)CCN(C(=O)OC(C)(C)C)CC1. The van der Waals surface area contributed by atoms with Gasteiger partial charge in [-0.15, -0.1) is 0 Å². The van der Waals surface area contributed by atoms with Gasteiger partial charge in [-0.05, 0) is 27.7 Å². The second-order valence-electron chi connectivity index (χ2n) is 5.76. The molecule has 6 nitrogen and oxygen atoms in total. The van der Waals surface area contributed by atoms with Crippen molar-refractivity contribution in [2.45, 2.75) is 51.7 Å². The van der Waals surface area contributed by atoms with Crippen molar-refractivity contribution >= 4 is 12.0 Å². The summed E-state index contributed by atoms with van der Waals surface area (Å²) in [6.07, 6.45) is 0.465. The van der Waals surface area contributed by atoms with E-state index in [0.29, 0.717) is 32.5 Å². The molecule has 1 heterocycles. The first-order chi connectivity index (χ1) is 8.70.